The predicted molar refractivity (Wildman–Crippen MR) is 77.8 cm³/mol. The quantitative estimate of drug-likeness (QED) is 0.884. The third-order valence-electron chi connectivity index (χ3n) is 3.70. The van der Waals surface area contributed by atoms with Crippen molar-refractivity contribution in [3.05, 3.63) is 36.2 Å². The standard InChI is InChI=1S/C13H17N5O2S/c1-10(15-12-5-6-21(19,20)8-12)11-3-2-4-13(7-11)18-9-14-16-17-18/h2-4,7,9-10,12,15H,5-6,8H2,1H3. The van der Waals surface area contributed by atoms with E-state index in [0.29, 0.717) is 6.42 Å². The van der Waals surface area contributed by atoms with Gasteiger partial charge in [-0.2, -0.15) is 0 Å². The van der Waals surface area contributed by atoms with Crippen molar-refractivity contribution < 1.29 is 8.42 Å². The zero-order chi connectivity index (χ0) is 14.9. The first-order valence-electron chi connectivity index (χ1n) is 6.83. The van der Waals surface area contributed by atoms with Crippen molar-refractivity contribution in [2.45, 2.75) is 25.4 Å². The summed E-state index contributed by atoms with van der Waals surface area (Å²) >= 11 is 0. The zero-order valence-corrected chi connectivity index (χ0v) is 12.5. The minimum atomic E-state index is -2.86. The molecular weight excluding hydrogens is 290 g/mol. The van der Waals surface area contributed by atoms with Crippen LogP contribution in [0.3, 0.4) is 0 Å². The molecule has 0 bridgehead atoms. The van der Waals surface area contributed by atoms with Crippen molar-refractivity contribution >= 4 is 9.84 Å². The molecule has 0 radical (unpaired) electrons. The maximum Gasteiger partial charge on any atom is 0.151 e. The summed E-state index contributed by atoms with van der Waals surface area (Å²) in [6, 6.07) is 7.97. The summed E-state index contributed by atoms with van der Waals surface area (Å²) in [5, 5.41) is 14.5. The number of hydrogen-bond acceptors (Lipinski definition) is 6. The molecule has 1 fully saturated rings. The van der Waals surface area contributed by atoms with E-state index in [9.17, 15) is 8.42 Å². The number of benzene rings is 1. The molecule has 0 spiro atoms. The van der Waals surface area contributed by atoms with Crippen LogP contribution in [0.4, 0.5) is 0 Å². The average Bonchev–Trinajstić information content (AvgIpc) is 3.09. The van der Waals surface area contributed by atoms with Gasteiger partial charge in [-0.3, -0.25) is 0 Å². The van der Waals surface area contributed by atoms with Gasteiger partial charge in [-0.25, -0.2) is 13.1 Å². The Labute approximate surface area is 123 Å². The minimum absolute atomic E-state index is 0.0293. The Kier molecular flexibility index (Phi) is 3.73. The third-order valence-corrected chi connectivity index (χ3v) is 5.47. The molecule has 2 heterocycles. The molecule has 1 aliphatic rings. The van der Waals surface area contributed by atoms with Crippen molar-refractivity contribution in [2.24, 2.45) is 0 Å². The summed E-state index contributed by atoms with van der Waals surface area (Å²) in [6.45, 7) is 2.03. The average molecular weight is 307 g/mol. The van der Waals surface area contributed by atoms with Crippen LogP contribution in [0.5, 0.6) is 0 Å². The van der Waals surface area contributed by atoms with Gasteiger partial charge in [0.2, 0.25) is 0 Å². The predicted octanol–water partition coefficient (Wildman–Crippen LogP) is 0.500. The van der Waals surface area contributed by atoms with Gasteiger partial charge in [-0.1, -0.05) is 12.1 Å². The number of hydrogen-bond donors (Lipinski definition) is 1. The molecule has 1 N–H and O–H groups in total. The monoisotopic (exact) mass is 307 g/mol. The van der Waals surface area contributed by atoms with Crippen molar-refractivity contribution in [3.63, 3.8) is 0 Å². The van der Waals surface area contributed by atoms with E-state index in [4.69, 9.17) is 0 Å². The van der Waals surface area contributed by atoms with Crippen LogP contribution in [-0.4, -0.2) is 46.2 Å². The molecule has 3 rings (SSSR count). The van der Waals surface area contributed by atoms with Gasteiger partial charge in [0, 0.05) is 12.1 Å². The highest BCUT2D eigenvalue weighted by atomic mass is 32.2. The second kappa shape index (κ2) is 5.53. The molecule has 0 saturated carbocycles. The topological polar surface area (TPSA) is 89.8 Å². The van der Waals surface area contributed by atoms with Gasteiger partial charge in [0.1, 0.15) is 6.33 Å². The molecule has 1 saturated heterocycles. The van der Waals surface area contributed by atoms with Crippen LogP contribution in [0.2, 0.25) is 0 Å². The van der Waals surface area contributed by atoms with Crippen molar-refractivity contribution in [2.75, 3.05) is 11.5 Å². The van der Waals surface area contributed by atoms with E-state index in [1.807, 2.05) is 31.2 Å². The van der Waals surface area contributed by atoms with Crippen molar-refractivity contribution in [1.82, 2.24) is 25.5 Å². The second-order valence-corrected chi connectivity index (χ2v) is 7.57. The number of sulfone groups is 1. The molecule has 2 aromatic rings. The van der Waals surface area contributed by atoms with E-state index < -0.39 is 9.84 Å². The van der Waals surface area contributed by atoms with E-state index in [1.165, 1.54) is 0 Å². The fourth-order valence-electron chi connectivity index (χ4n) is 2.59. The Hall–Kier alpha value is -1.80. The lowest BCUT2D eigenvalue weighted by Crippen LogP contribution is -2.32. The Morgan fingerprint density at radius 2 is 2.29 bits per heavy atom. The molecule has 7 nitrogen and oxygen atoms in total. The molecular formula is C13H17N5O2S. The summed E-state index contributed by atoms with van der Waals surface area (Å²) in [5.74, 6) is 0.506. The van der Waals surface area contributed by atoms with Crippen LogP contribution in [0, 0.1) is 0 Å². The Balaban J connectivity index is 1.73. The Morgan fingerprint density at radius 3 is 2.95 bits per heavy atom. The fraction of sp³-hybridized carbons (Fsp3) is 0.462. The number of tetrazole rings is 1. The summed E-state index contributed by atoms with van der Waals surface area (Å²) in [5.41, 5.74) is 1.96. The number of rotatable bonds is 4. The van der Waals surface area contributed by atoms with Gasteiger partial charge in [-0.05, 0) is 41.5 Å². The fourth-order valence-corrected chi connectivity index (χ4v) is 4.28. The van der Waals surface area contributed by atoms with Crippen LogP contribution >= 0.6 is 0 Å². The summed E-state index contributed by atoms with van der Waals surface area (Å²) in [7, 11) is -2.86. The van der Waals surface area contributed by atoms with Gasteiger partial charge >= 0.3 is 0 Å². The lowest BCUT2D eigenvalue weighted by Gasteiger charge is -2.19. The molecule has 21 heavy (non-hydrogen) atoms. The van der Waals surface area contributed by atoms with E-state index in [2.05, 4.69) is 20.8 Å². The molecule has 2 unspecified atom stereocenters. The first-order valence-corrected chi connectivity index (χ1v) is 8.65. The van der Waals surface area contributed by atoms with E-state index >= 15 is 0 Å². The van der Waals surface area contributed by atoms with E-state index in [0.717, 1.165) is 11.3 Å². The van der Waals surface area contributed by atoms with E-state index in [1.54, 1.807) is 11.0 Å². The highest BCUT2D eigenvalue weighted by molar-refractivity contribution is 7.91. The first-order chi connectivity index (χ1) is 10.0. The minimum Gasteiger partial charge on any atom is -0.306 e. The van der Waals surface area contributed by atoms with Gasteiger partial charge in [0.15, 0.2) is 9.84 Å². The molecule has 8 heteroatoms. The molecule has 0 amide bonds. The van der Waals surface area contributed by atoms with Gasteiger partial charge in [-0.15, -0.1) is 5.10 Å². The van der Waals surface area contributed by atoms with Gasteiger partial charge < -0.3 is 5.32 Å². The maximum absolute atomic E-state index is 11.5. The lowest BCUT2D eigenvalue weighted by atomic mass is 10.1. The maximum atomic E-state index is 11.5. The van der Waals surface area contributed by atoms with Crippen LogP contribution in [0.25, 0.3) is 5.69 Å². The summed E-state index contributed by atoms with van der Waals surface area (Å²) in [4.78, 5) is 0. The van der Waals surface area contributed by atoms with Gasteiger partial charge in [0.25, 0.3) is 0 Å². The summed E-state index contributed by atoms with van der Waals surface area (Å²) < 4.78 is 24.6. The highest BCUT2D eigenvalue weighted by Crippen LogP contribution is 2.20. The van der Waals surface area contributed by atoms with Gasteiger partial charge in [0.05, 0.1) is 17.2 Å². The molecule has 0 aliphatic carbocycles. The normalized spacial score (nSPS) is 22.2. The van der Waals surface area contributed by atoms with Crippen molar-refractivity contribution in [1.29, 1.82) is 0 Å². The lowest BCUT2D eigenvalue weighted by molar-refractivity contribution is 0.484. The smallest absolute Gasteiger partial charge is 0.151 e. The number of aromatic nitrogens is 4. The SMILES string of the molecule is CC(NC1CCS(=O)(=O)C1)c1cccc(-n2cnnn2)c1. The Morgan fingerprint density at radius 1 is 1.43 bits per heavy atom. The Bertz CT molecular complexity index is 714. The highest BCUT2D eigenvalue weighted by Gasteiger charge is 2.28. The van der Waals surface area contributed by atoms with Crippen LogP contribution in [-0.2, 0) is 9.84 Å². The molecule has 2 atom stereocenters. The molecule has 1 aliphatic heterocycles. The largest absolute Gasteiger partial charge is 0.306 e. The molecule has 1 aromatic heterocycles. The third kappa shape index (κ3) is 3.27. The molecule has 112 valence electrons. The van der Waals surface area contributed by atoms with Crippen LogP contribution in [0.1, 0.15) is 24.9 Å². The van der Waals surface area contributed by atoms with E-state index in [-0.39, 0.29) is 23.6 Å². The second-order valence-electron chi connectivity index (χ2n) is 5.34. The molecule has 1 aromatic carbocycles. The van der Waals surface area contributed by atoms with Crippen molar-refractivity contribution in [3.8, 4) is 5.69 Å². The first kappa shape index (κ1) is 14.2. The van der Waals surface area contributed by atoms with Crippen LogP contribution in [0.15, 0.2) is 30.6 Å². The number of nitrogens with one attached hydrogen (secondary N) is 1. The zero-order valence-electron chi connectivity index (χ0n) is 11.7. The number of nitrogens with zero attached hydrogens (tertiary/aromatic N) is 4. The van der Waals surface area contributed by atoms with Crippen LogP contribution < -0.4 is 5.32 Å². The summed E-state index contributed by atoms with van der Waals surface area (Å²) in [6.07, 6.45) is 2.22.